The molecular weight excluding hydrogens is 224 g/mol. The van der Waals surface area contributed by atoms with E-state index in [1.54, 1.807) is 14.0 Å². The number of methoxy groups -OCH3 is 1. The van der Waals surface area contributed by atoms with Crippen LogP contribution in [0.4, 0.5) is 0 Å². The number of hydrogen-bond donors (Lipinski definition) is 2. The summed E-state index contributed by atoms with van der Waals surface area (Å²) in [6.07, 6.45) is 0. The molecule has 1 rings (SSSR count). The highest BCUT2D eigenvalue weighted by Crippen LogP contribution is 2.30. The van der Waals surface area contributed by atoms with E-state index in [4.69, 9.17) is 16.2 Å². The summed E-state index contributed by atoms with van der Waals surface area (Å²) in [5, 5.41) is 0. The van der Waals surface area contributed by atoms with Crippen LogP contribution in [0.1, 0.15) is 6.92 Å². The van der Waals surface area contributed by atoms with Gasteiger partial charge in [0.1, 0.15) is 11.3 Å². The number of benzene rings is 1. The van der Waals surface area contributed by atoms with E-state index in [1.165, 1.54) is 11.8 Å². The molecule has 0 saturated carbocycles. The maximum absolute atomic E-state index is 11.0. The van der Waals surface area contributed by atoms with Crippen LogP contribution in [0.15, 0.2) is 29.2 Å². The van der Waals surface area contributed by atoms with Crippen molar-refractivity contribution in [2.75, 3.05) is 12.9 Å². The third-order valence-electron chi connectivity index (χ3n) is 2.16. The van der Waals surface area contributed by atoms with Gasteiger partial charge < -0.3 is 16.2 Å². The maximum Gasteiger partial charge on any atom is 0.238 e. The molecule has 4 N–H and O–H groups in total. The Morgan fingerprint density at radius 3 is 2.69 bits per heavy atom. The van der Waals surface area contributed by atoms with Gasteiger partial charge in [-0.1, -0.05) is 12.1 Å². The SMILES string of the molecule is COc1ccccc1SCC(C)(N)C(N)=O. The molecule has 88 valence electrons. The predicted octanol–water partition coefficient (Wildman–Crippen LogP) is 0.990. The third-order valence-corrected chi connectivity index (χ3v) is 3.55. The molecule has 4 nitrogen and oxygen atoms in total. The highest BCUT2D eigenvalue weighted by molar-refractivity contribution is 7.99. The lowest BCUT2D eigenvalue weighted by Crippen LogP contribution is -2.51. The van der Waals surface area contributed by atoms with Crippen LogP contribution in [-0.2, 0) is 4.79 Å². The average Bonchev–Trinajstić information content (AvgIpc) is 2.26. The second kappa shape index (κ2) is 5.23. The van der Waals surface area contributed by atoms with Gasteiger partial charge in [-0.2, -0.15) is 0 Å². The van der Waals surface area contributed by atoms with Gasteiger partial charge in [0.2, 0.25) is 5.91 Å². The minimum Gasteiger partial charge on any atom is -0.496 e. The fourth-order valence-corrected chi connectivity index (χ4v) is 2.10. The number of carbonyl (C=O) groups excluding carboxylic acids is 1. The predicted molar refractivity (Wildman–Crippen MR) is 65.5 cm³/mol. The number of para-hydroxylation sites is 1. The van der Waals surface area contributed by atoms with Crippen LogP contribution >= 0.6 is 11.8 Å². The van der Waals surface area contributed by atoms with E-state index in [0.717, 1.165) is 10.6 Å². The Labute approximate surface area is 99.3 Å². The molecule has 0 fully saturated rings. The van der Waals surface area contributed by atoms with Gasteiger partial charge in [0.05, 0.1) is 7.11 Å². The van der Waals surface area contributed by atoms with E-state index in [-0.39, 0.29) is 0 Å². The topological polar surface area (TPSA) is 78.3 Å². The molecule has 1 unspecified atom stereocenters. The molecule has 0 heterocycles. The van der Waals surface area contributed by atoms with Crippen molar-refractivity contribution in [2.24, 2.45) is 11.5 Å². The first kappa shape index (κ1) is 12.9. The van der Waals surface area contributed by atoms with Crippen molar-refractivity contribution in [3.63, 3.8) is 0 Å². The number of primary amides is 1. The van der Waals surface area contributed by atoms with Gasteiger partial charge in [0, 0.05) is 10.6 Å². The second-order valence-corrected chi connectivity index (χ2v) is 4.74. The van der Waals surface area contributed by atoms with Crippen molar-refractivity contribution >= 4 is 17.7 Å². The lowest BCUT2D eigenvalue weighted by molar-refractivity contribution is -0.121. The first-order chi connectivity index (χ1) is 7.47. The van der Waals surface area contributed by atoms with Gasteiger partial charge in [0.15, 0.2) is 0 Å². The Bertz CT molecular complexity index is 380. The number of amides is 1. The summed E-state index contributed by atoms with van der Waals surface area (Å²) in [5.41, 5.74) is 9.95. The molecule has 0 spiro atoms. The lowest BCUT2D eigenvalue weighted by atomic mass is 10.1. The Morgan fingerprint density at radius 1 is 1.50 bits per heavy atom. The smallest absolute Gasteiger partial charge is 0.238 e. The summed E-state index contributed by atoms with van der Waals surface area (Å²) in [7, 11) is 1.61. The fraction of sp³-hybridized carbons (Fsp3) is 0.364. The second-order valence-electron chi connectivity index (χ2n) is 3.72. The highest BCUT2D eigenvalue weighted by atomic mass is 32.2. The zero-order valence-corrected chi connectivity index (χ0v) is 10.2. The molecule has 1 amide bonds. The minimum absolute atomic E-state index is 0.419. The molecule has 16 heavy (non-hydrogen) atoms. The average molecular weight is 240 g/mol. The largest absolute Gasteiger partial charge is 0.496 e. The van der Waals surface area contributed by atoms with Crippen molar-refractivity contribution in [1.82, 2.24) is 0 Å². The Morgan fingerprint density at radius 2 is 2.12 bits per heavy atom. The molecule has 0 aliphatic carbocycles. The molecule has 0 bridgehead atoms. The number of rotatable bonds is 5. The number of thioether (sulfide) groups is 1. The van der Waals surface area contributed by atoms with Crippen molar-refractivity contribution < 1.29 is 9.53 Å². The third kappa shape index (κ3) is 3.15. The van der Waals surface area contributed by atoms with Gasteiger partial charge in [-0.25, -0.2) is 0 Å². The fourth-order valence-electron chi connectivity index (χ4n) is 1.04. The van der Waals surface area contributed by atoms with Gasteiger partial charge in [-0.15, -0.1) is 11.8 Å². The van der Waals surface area contributed by atoms with Crippen molar-refractivity contribution in [3.05, 3.63) is 24.3 Å². The molecular formula is C11H16N2O2S. The molecule has 1 aromatic carbocycles. The Hall–Kier alpha value is -1.20. The van der Waals surface area contributed by atoms with Crippen molar-refractivity contribution in [1.29, 1.82) is 0 Å². The summed E-state index contributed by atoms with van der Waals surface area (Å²) < 4.78 is 5.19. The minimum atomic E-state index is -1.01. The van der Waals surface area contributed by atoms with Gasteiger partial charge in [-0.05, 0) is 19.1 Å². The van der Waals surface area contributed by atoms with E-state index in [0.29, 0.717) is 5.75 Å². The van der Waals surface area contributed by atoms with Crippen LogP contribution < -0.4 is 16.2 Å². The van der Waals surface area contributed by atoms with Crippen molar-refractivity contribution in [3.8, 4) is 5.75 Å². The quantitative estimate of drug-likeness (QED) is 0.752. The number of ether oxygens (including phenoxy) is 1. The van der Waals surface area contributed by atoms with Crippen LogP contribution in [0, 0.1) is 0 Å². The molecule has 0 aliphatic rings. The first-order valence-corrected chi connectivity index (χ1v) is 5.80. The van der Waals surface area contributed by atoms with E-state index in [1.807, 2.05) is 24.3 Å². The maximum atomic E-state index is 11.0. The van der Waals surface area contributed by atoms with Crippen LogP contribution in [0.3, 0.4) is 0 Å². The number of carbonyl (C=O) groups is 1. The normalized spacial score (nSPS) is 14.2. The molecule has 0 aliphatic heterocycles. The molecule has 0 aromatic heterocycles. The summed E-state index contributed by atoms with van der Waals surface area (Å²) >= 11 is 1.46. The van der Waals surface area contributed by atoms with E-state index in [9.17, 15) is 4.79 Å². The summed E-state index contributed by atoms with van der Waals surface area (Å²) in [4.78, 5) is 12.0. The summed E-state index contributed by atoms with van der Waals surface area (Å²) in [5.74, 6) is 0.686. The van der Waals surface area contributed by atoms with Crippen LogP contribution in [0.25, 0.3) is 0 Å². The Kier molecular flexibility index (Phi) is 4.20. The van der Waals surface area contributed by atoms with Gasteiger partial charge >= 0.3 is 0 Å². The molecule has 5 heteroatoms. The van der Waals surface area contributed by atoms with Crippen LogP contribution in [0.2, 0.25) is 0 Å². The lowest BCUT2D eigenvalue weighted by Gasteiger charge is -2.20. The molecule has 1 atom stereocenters. The van der Waals surface area contributed by atoms with E-state index >= 15 is 0 Å². The number of nitrogens with two attached hydrogens (primary N) is 2. The zero-order valence-electron chi connectivity index (χ0n) is 9.40. The standard InChI is InChI=1S/C11H16N2O2S/c1-11(13,10(12)14)7-16-9-6-4-3-5-8(9)15-2/h3-6H,7,13H2,1-2H3,(H2,12,14). The van der Waals surface area contributed by atoms with Gasteiger partial charge in [-0.3, -0.25) is 4.79 Å². The summed E-state index contributed by atoms with van der Waals surface area (Å²) in [6, 6.07) is 7.57. The van der Waals surface area contributed by atoms with Crippen LogP contribution in [-0.4, -0.2) is 24.3 Å². The highest BCUT2D eigenvalue weighted by Gasteiger charge is 2.26. The number of hydrogen-bond acceptors (Lipinski definition) is 4. The molecule has 0 radical (unpaired) electrons. The van der Waals surface area contributed by atoms with E-state index < -0.39 is 11.4 Å². The first-order valence-electron chi connectivity index (χ1n) is 4.82. The zero-order chi connectivity index (χ0) is 12.2. The van der Waals surface area contributed by atoms with Gasteiger partial charge in [0.25, 0.3) is 0 Å². The van der Waals surface area contributed by atoms with E-state index in [2.05, 4.69) is 0 Å². The monoisotopic (exact) mass is 240 g/mol. The van der Waals surface area contributed by atoms with Crippen molar-refractivity contribution in [2.45, 2.75) is 17.4 Å². The molecule has 1 aromatic rings. The van der Waals surface area contributed by atoms with Crippen LogP contribution in [0.5, 0.6) is 5.75 Å². The summed E-state index contributed by atoms with van der Waals surface area (Å²) in [6.45, 7) is 1.62. The Balaban J connectivity index is 2.71. The molecule has 0 saturated heterocycles.